The molecule has 2 heterocycles. The Morgan fingerprint density at radius 2 is 1.92 bits per heavy atom. The van der Waals surface area contributed by atoms with Crippen molar-refractivity contribution in [3.05, 3.63) is 53.5 Å². The van der Waals surface area contributed by atoms with Gasteiger partial charge in [-0.3, -0.25) is 19.8 Å². The first-order valence-corrected chi connectivity index (χ1v) is 8.11. The minimum Gasteiger partial charge on any atom is -0.494 e. The lowest BCUT2D eigenvalue weighted by Crippen LogP contribution is -2.54. The number of hydrogen-bond acceptors (Lipinski definition) is 5. The summed E-state index contributed by atoms with van der Waals surface area (Å²) in [5.41, 5.74) is 0.497. The maximum Gasteiger partial charge on any atom is 0.270 e. The lowest BCUT2D eigenvalue weighted by atomic mass is 10.1. The second kappa shape index (κ2) is 6.90. The second-order valence-electron chi connectivity index (χ2n) is 5.33. The number of hydrogen-bond donors (Lipinski definition) is 1. The van der Waals surface area contributed by atoms with E-state index in [4.69, 9.17) is 21.4 Å². The molecule has 128 valence electrons. The average molecular weight is 356 g/mol. The molecule has 0 bridgehead atoms. The summed E-state index contributed by atoms with van der Waals surface area (Å²) in [7, 11) is 0. The van der Waals surface area contributed by atoms with Crippen molar-refractivity contribution < 1.29 is 18.7 Å². The number of anilines is 1. The molecule has 1 aliphatic rings. The largest absolute Gasteiger partial charge is 0.494 e. The summed E-state index contributed by atoms with van der Waals surface area (Å²) in [6, 6.07) is 10.3. The molecule has 3 rings (SSSR count). The Labute approximate surface area is 150 Å². The van der Waals surface area contributed by atoms with Crippen LogP contribution in [0.1, 0.15) is 18.4 Å². The van der Waals surface area contributed by atoms with E-state index in [0.29, 0.717) is 29.6 Å². The highest BCUT2D eigenvalue weighted by molar-refractivity contribution is 7.80. The van der Waals surface area contributed by atoms with Crippen molar-refractivity contribution in [1.29, 1.82) is 0 Å². The number of carbonyl (C=O) groups excluding carboxylic acids is 2. The summed E-state index contributed by atoms with van der Waals surface area (Å²) in [6.45, 7) is 4.22. The molecule has 0 spiro atoms. The summed E-state index contributed by atoms with van der Waals surface area (Å²) in [4.78, 5) is 26.2. The molecule has 0 atom stereocenters. The van der Waals surface area contributed by atoms with E-state index in [2.05, 4.69) is 5.32 Å². The van der Waals surface area contributed by atoms with Gasteiger partial charge in [0.1, 0.15) is 22.8 Å². The normalized spacial score (nSPS) is 16.3. The number of furan rings is 1. The SMILES string of the molecule is CCOc1ccc(N2C(=O)/C(=C/c3ccc(C)o3)C(=O)NC2=S)cc1. The maximum atomic E-state index is 12.8. The Morgan fingerprint density at radius 1 is 1.20 bits per heavy atom. The van der Waals surface area contributed by atoms with E-state index in [-0.39, 0.29) is 10.7 Å². The number of ether oxygens (including phenoxy) is 1. The molecule has 1 aromatic carbocycles. The van der Waals surface area contributed by atoms with Crippen LogP contribution in [0.3, 0.4) is 0 Å². The molecule has 0 radical (unpaired) electrons. The third-order valence-corrected chi connectivity index (χ3v) is 3.84. The molecule has 2 amide bonds. The molecule has 7 heteroatoms. The summed E-state index contributed by atoms with van der Waals surface area (Å²) in [5.74, 6) is 0.746. The van der Waals surface area contributed by atoms with E-state index in [0.717, 1.165) is 0 Å². The number of thiocarbonyl (C=S) groups is 1. The Bertz CT molecular complexity index is 867. The van der Waals surface area contributed by atoms with Gasteiger partial charge in [0, 0.05) is 0 Å². The predicted octanol–water partition coefficient (Wildman–Crippen LogP) is 2.82. The molecular formula is C18H16N2O4S. The molecule has 1 aliphatic heterocycles. The van der Waals surface area contributed by atoms with Crippen molar-refractivity contribution >= 4 is 40.9 Å². The number of carbonyl (C=O) groups is 2. The van der Waals surface area contributed by atoms with Crippen molar-refractivity contribution in [2.24, 2.45) is 0 Å². The van der Waals surface area contributed by atoms with Gasteiger partial charge in [-0.25, -0.2) is 0 Å². The lowest BCUT2D eigenvalue weighted by molar-refractivity contribution is -0.122. The van der Waals surface area contributed by atoms with Crippen molar-refractivity contribution in [3.8, 4) is 5.75 Å². The topological polar surface area (TPSA) is 71.8 Å². The zero-order chi connectivity index (χ0) is 18.0. The third kappa shape index (κ3) is 3.46. The van der Waals surface area contributed by atoms with Crippen molar-refractivity contribution in [1.82, 2.24) is 5.32 Å². The molecule has 1 saturated heterocycles. The number of amides is 2. The molecule has 1 N–H and O–H groups in total. The van der Waals surface area contributed by atoms with E-state index in [1.807, 2.05) is 6.92 Å². The van der Waals surface area contributed by atoms with Crippen LogP contribution in [0.15, 0.2) is 46.4 Å². The van der Waals surface area contributed by atoms with Crippen LogP contribution in [0.4, 0.5) is 5.69 Å². The van der Waals surface area contributed by atoms with Crippen LogP contribution in [0.5, 0.6) is 5.75 Å². The Kier molecular flexibility index (Phi) is 4.67. The quantitative estimate of drug-likeness (QED) is 0.518. The van der Waals surface area contributed by atoms with Gasteiger partial charge in [0.25, 0.3) is 11.8 Å². The van der Waals surface area contributed by atoms with E-state index >= 15 is 0 Å². The lowest BCUT2D eigenvalue weighted by Gasteiger charge is -2.28. The summed E-state index contributed by atoms with van der Waals surface area (Å²) < 4.78 is 10.8. The van der Waals surface area contributed by atoms with Crippen LogP contribution in [-0.4, -0.2) is 23.5 Å². The van der Waals surface area contributed by atoms with E-state index < -0.39 is 11.8 Å². The fraction of sp³-hybridized carbons (Fsp3) is 0.167. The monoisotopic (exact) mass is 356 g/mol. The Balaban J connectivity index is 1.93. The van der Waals surface area contributed by atoms with Crippen molar-refractivity contribution in [2.75, 3.05) is 11.5 Å². The summed E-state index contributed by atoms with van der Waals surface area (Å²) >= 11 is 5.16. The zero-order valence-electron chi connectivity index (χ0n) is 13.7. The van der Waals surface area contributed by atoms with Crippen LogP contribution in [0, 0.1) is 6.92 Å². The smallest absolute Gasteiger partial charge is 0.270 e. The maximum absolute atomic E-state index is 12.8. The number of aryl methyl sites for hydroxylation is 1. The third-order valence-electron chi connectivity index (χ3n) is 3.56. The van der Waals surface area contributed by atoms with Crippen LogP contribution in [0.25, 0.3) is 6.08 Å². The molecule has 25 heavy (non-hydrogen) atoms. The Morgan fingerprint density at radius 3 is 2.52 bits per heavy atom. The van der Waals surface area contributed by atoms with Crippen LogP contribution in [0.2, 0.25) is 0 Å². The standard InChI is InChI=1S/C18H16N2O4S/c1-3-23-13-8-5-12(6-9-13)20-17(22)15(16(21)19-18(20)25)10-14-7-4-11(2)24-14/h4-10H,3H2,1-2H3,(H,19,21,25)/b15-10+. The van der Waals surface area contributed by atoms with Crippen molar-refractivity contribution in [3.63, 3.8) is 0 Å². The van der Waals surface area contributed by atoms with Crippen LogP contribution < -0.4 is 15.0 Å². The van der Waals surface area contributed by atoms with Gasteiger partial charge in [0.05, 0.1) is 12.3 Å². The Hall–Kier alpha value is -2.93. The highest BCUT2D eigenvalue weighted by Gasteiger charge is 2.34. The minimum absolute atomic E-state index is 0.0342. The van der Waals surface area contributed by atoms with Gasteiger partial charge in [0.15, 0.2) is 5.11 Å². The van der Waals surface area contributed by atoms with Gasteiger partial charge < -0.3 is 9.15 Å². The van der Waals surface area contributed by atoms with Crippen LogP contribution in [-0.2, 0) is 9.59 Å². The fourth-order valence-corrected chi connectivity index (χ4v) is 2.70. The van der Waals surface area contributed by atoms with Gasteiger partial charge in [-0.15, -0.1) is 0 Å². The average Bonchev–Trinajstić information content (AvgIpc) is 2.98. The molecule has 2 aromatic rings. The van der Waals surface area contributed by atoms with Gasteiger partial charge in [-0.2, -0.15) is 0 Å². The fourth-order valence-electron chi connectivity index (χ4n) is 2.42. The minimum atomic E-state index is -0.550. The number of nitrogens with zero attached hydrogens (tertiary/aromatic N) is 1. The molecular weight excluding hydrogens is 340 g/mol. The van der Waals surface area contributed by atoms with Gasteiger partial charge >= 0.3 is 0 Å². The summed E-state index contributed by atoms with van der Waals surface area (Å²) in [5, 5.41) is 2.57. The van der Waals surface area contributed by atoms with Gasteiger partial charge in [-0.05, 0) is 68.5 Å². The van der Waals surface area contributed by atoms with E-state index in [1.165, 1.54) is 11.0 Å². The predicted molar refractivity (Wildman–Crippen MR) is 97.3 cm³/mol. The van der Waals surface area contributed by atoms with Crippen LogP contribution >= 0.6 is 12.2 Å². The first-order chi connectivity index (χ1) is 12.0. The molecule has 6 nitrogen and oxygen atoms in total. The number of benzene rings is 1. The van der Waals surface area contributed by atoms with Gasteiger partial charge in [-0.1, -0.05) is 0 Å². The molecule has 0 saturated carbocycles. The number of nitrogens with one attached hydrogen (secondary N) is 1. The molecule has 1 fully saturated rings. The first kappa shape index (κ1) is 16.9. The number of rotatable bonds is 4. The molecule has 0 unspecified atom stereocenters. The van der Waals surface area contributed by atoms with Crippen molar-refractivity contribution in [2.45, 2.75) is 13.8 Å². The molecule has 1 aromatic heterocycles. The highest BCUT2D eigenvalue weighted by atomic mass is 32.1. The molecule has 0 aliphatic carbocycles. The summed E-state index contributed by atoms with van der Waals surface area (Å²) in [6.07, 6.45) is 1.41. The van der Waals surface area contributed by atoms with E-state index in [1.54, 1.807) is 43.3 Å². The van der Waals surface area contributed by atoms with Gasteiger partial charge in [0.2, 0.25) is 0 Å². The second-order valence-corrected chi connectivity index (χ2v) is 5.72. The highest BCUT2D eigenvalue weighted by Crippen LogP contribution is 2.24. The zero-order valence-corrected chi connectivity index (χ0v) is 14.6. The van der Waals surface area contributed by atoms with E-state index in [9.17, 15) is 9.59 Å². The first-order valence-electron chi connectivity index (χ1n) is 7.70.